The van der Waals surface area contributed by atoms with E-state index in [1.165, 1.54) is 25.7 Å². The first-order valence-electron chi connectivity index (χ1n) is 10.3. The van der Waals surface area contributed by atoms with Crippen LogP contribution in [0.1, 0.15) is 59.3 Å². The third-order valence-electron chi connectivity index (χ3n) is 5.70. The largest absolute Gasteiger partial charge is 0.378 e. The summed E-state index contributed by atoms with van der Waals surface area (Å²) < 4.78 is 5.89. The Morgan fingerprint density at radius 1 is 1.19 bits per heavy atom. The van der Waals surface area contributed by atoms with Crippen LogP contribution in [0.15, 0.2) is 4.99 Å². The molecule has 1 saturated heterocycles. The predicted octanol–water partition coefficient (Wildman–Crippen LogP) is 3.01. The summed E-state index contributed by atoms with van der Waals surface area (Å²) in [6, 6.07) is 0.779. The second-order valence-electron chi connectivity index (χ2n) is 8.48. The highest BCUT2D eigenvalue weighted by molar-refractivity contribution is 14.0. The number of rotatable bonds is 5. The van der Waals surface area contributed by atoms with Crippen LogP contribution in [0.2, 0.25) is 0 Å². The molecule has 158 valence electrons. The molecule has 4 atom stereocenters. The van der Waals surface area contributed by atoms with Crippen molar-refractivity contribution in [2.75, 3.05) is 27.2 Å². The molecule has 0 aromatic rings. The van der Waals surface area contributed by atoms with Crippen molar-refractivity contribution in [3.05, 3.63) is 0 Å². The van der Waals surface area contributed by atoms with Crippen molar-refractivity contribution < 1.29 is 9.53 Å². The molecule has 0 aromatic carbocycles. The summed E-state index contributed by atoms with van der Waals surface area (Å²) in [6.07, 6.45) is 7.26. The van der Waals surface area contributed by atoms with Crippen LogP contribution < -0.4 is 10.6 Å². The molecule has 1 aliphatic heterocycles. The second kappa shape index (κ2) is 12.1. The van der Waals surface area contributed by atoms with Gasteiger partial charge >= 0.3 is 0 Å². The number of likely N-dealkylation sites (N-methyl/N-ethyl adjacent to an activating group) is 1. The van der Waals surface area contributed by atoms with E-state index in [4.69, 9.17) is 4.74 Å². The van der Waals surface area contributed by atoms with Crippen molar-refractivity contribution in [3.63, 3.8) is 0 Å². The van der Waals surface area contributed by atoms with E-state index in [9.17, 15) is 4.79 Å². The predicted molar refractivity (Wildman–Crippen MR) is 122 cm³/mol. The highest BCUT2D eigenvalue weighted by Gasteiger charge is 2.27. The average Bonchev–Trinajstić information content (AvgIpc) is 2.61. The minimum atomic E-state index is 0. The third-order valence-corrected chi connectivity index (χ3v) is 5.70. The molecular weight excluding hydrogens is 455 g/mol. The molecule has 0 aromatic heterocycles. The van der Waals surface area contributed by atoms with Crippen molar-refractivity contribution in [2.45, 2.75) is 77.5 Å². The second-order valence-corrected chi connectivity index (χ2v) is 8.48. The molecule has 1 saturated carbocycles. The maximum Gasteiger partial charge on any atom is 0.243 e. The molecule has 2 fully saturated rings. The molecule has 0 radical (unpaired) electrons. The fourth-order valence-corrected chi connectivity index (χ4v) is 3.74. The molecule has 1 amide bonds. The average molecular weight is 494 g/mol. The molecule has 2 N–H and O–H groups in total. The van der Waals surface area contributed by atoms with Crippen molar-refractivity contribution in [1.82, 2.24) is 15.5 Å². The molecule has 4 unspecified atom stereocenters. The highest BCUT2D eigenvalue weighted by atomic mass is 127. The van der Waals surface area contributed by atoms with Crippen molar-refractivity contribution in [1.29, 1.82) is 0 Å². The summed E-state index contributed by atoms with van der Waals surface area (Å²) in [4.78, 5) is 18.2. The highest BCUT2D eigenvalue weighted by Crippen LogP contribution is 2.24. The Morgan fingerprint density at radius 2 is 1.89 bits per heavy atom. The number of nitrogens with zero attached hydrogens (tertiary/aromatic N) is 2. The van der Waals surface area contributed by atoms with Gasteiger partial charge < -0.3 is 20.3 Å². The van der Waals surface area contributed by atoms with Gasteiger partial charge in [0.05, 0.1) is 6.10 Å². The summed E-state index contributed by atoms with van der Waals surface area (Å²) in [6.45, 7) is 7.69. The minimum absolute atomic E-state index is 0. The third kappa shape index (κ3) is 8.13. The molecule has 1 heterocycles. The van der Waals surface area contributed by atoms with Gasteiger partial charge in [0.15, 0.2) is 5.96 Å². The summed E-state index contributed by atoms with van der Waals surface area (Å²) >= 11 is 0. The number of carbonyl (C=O) groups is 1. The van der Waals surface area contributed by atoms with Crippen molar-refractivity contribution in [3.8, 4) is 0 Å². The van der Waals surface area contributed by atoms with E-state index >= 15 is 0 Å². The Morgan fingerprint density at radius 3 is 2.52 bits per heavy atom. The van der Waals surface area contributed by atoms with Crippen molar-refractivity contribution in [2.24, 2.45) is 16.8 Å². The van der Waals surface area contributed by atoms with Crippen molar-refractivity contribution >= 4 is 35.8 Å². The van der Waals surface area contributed by atoms with Gasteiger partial charge in [-0.15, -0.1) is 24.0 Å². The first-order valence-corrected chi connectivity index (χ1v) is 10.3. The van der Waals surface area contributed by atoms with Gasteiger partial charge in [-0.25, -0.2) is 4.99 Å². The van der Waals surface area contributed by atoms with Gasteiger partial charge in [-0.1, -0.05) is 33.6 Å². The molecule has 2 rings (SSSR count). The Kier molecular flexibility index (Phi) is 11.0. The monoisotopic (exact) mass is 494 g/mol. The van der Waals surface area contributed by atoms with Crippen LogP contribution in [0.25, 0.3) is 0 Å². The fourth-order valence-electron chi connectivity index (χ4n) is 3.74. The van der Waals surface area contributed by atoms with Gasteiger partial charge in [0, 0.05) is 32.8 Å². The lowest BCUT2D eigenvalue weighted by Crippen LogP contribution is -2.52. The smallest absolute Gasteiger partial charge is 0.243 e. The Bertz CT molecular complexity index is 485. The summed E-state index contributed by atoms with van der Waals surface area (Å²) in [5.41, 5.74) is 0. The number of guanidine groups is 1. The summed E-state index contributed by atoms with van der Waals surface area (Å²) in [5, 5.41) is 7.21. The Hall–Kier alpha value is -0.570. The maximum atomic E-state index is 12.0. The first-order chi connectivity index (χ1) is 12.4. The zero-order chi connectivity index (χ0) is 19.1. The van der Waals surface area contributed by atoms with Gasteiger partial charge in [0.2, 0.25) is 5.91 Å². The molecule has 7 heteroatoms. The first kappa shape index (κ1) is 24.5. The number of amides is 1. The quantitative estimate of drug-likeness (QED) is 0.351. The van der Waals surface area contributed by atoms with E-state index in [1.807, 2.05) is 0 Å². The lowest BCUT2D eigenvalue weighted by Gasteiger charge is -2.35. The van der Waals surface area contributed by atoms with Crippen LogP contribution in [-0.2, 0) is 9.53 Å². The molecular formula is C20H39IN4O2. The number of hydrogen-bond donors (Lipinski definition) is 2. The number of carbonyl (C=O) groups excluding carboxylic acids is 1. The summed E-state index contributed by atoms with van der Waals surface area (Å²) in [5.74, 6) is 1.96. The van der Waals surface area contributed by atoms with Gasteiger partial charge in [-0.2, -0.15) is 0 Å². The van der Waals surface area contributed by atoms with Crippen LogP contribution in [0.3, 0.4) is 0 Å². The molecule has 6 nitrogen and oxygen atoms in total. The van der Waals surface area contributed by atoms with E-state index < -0.39 is 0 Å². The van der Waals surface area contributed by atoms with Gasteiger partial charge in [-0.05, 0) is 37.5 Å². The van der Waals surface area contributed by atoms with Crippen LogP contribution in [0, 0.1) is 11.8 Å². The lowest BCUT2D eigenvalue weighted by molar-refractivity contribution is -0.127. The van der Waals surface area contributed by atoms with Crippen LogP contribution in [0.5, 0.6) is 0 Å². The van der Waals surface area contributed by atoms with Gasteiger partial charge in [0.1, 0.15) is 6.54 Å². The number of aliphatic imine (C=N–C) groups is 1. The Balaban J connectivity index is 0.00000364. The molecule has 0 bridgehead atoms. The normalized spacial score (nSPS) is 29.0. The lowest BCUT2D eigenvalue weighted by atomic mass is 9.86. The number of hydrogen-bond acceptors (Lipinski definition) is 3. The number of ether oxygens (including phenoxy) is 1. The van der Waals surface area contributed by atoms with E-state index in [-0.39, 0.29) is 36.4 Å². The fraction of sp³-hybridized carbons (Fsp3) is 0.900. The zero-order valence-electron chi connectivity index (χ0n) is 17.7. The van der Waals surface area contributed by atoms with Gasteiger partial charge in [-0.3, -0.25) is 4.79 Å². The minimum Gasteiger partial charge on any atom is -0.378 e. The maximum absolute atomic E-state index is 12.0. The topological polar surface area (TPSA) is 66.0 Å². The molecule has 2 aliphatic rings. The molecule has 0 spiro atoms. The number of halogens is 1. The van der Waals surface area contributed by atoms with E-state index in [0.717, 1.165) is 25.4 Å². The van der Waals surface area contributed by atoms with Crippen LogP contribution in [-0.4, -0.2) is 62.2 Å². The van der Waals surface area contributed by atoms with E-state index in [1.54, 1.807) is 19.0 Å². The van der Waals surface area contributed by atoms with E-state index in [2.05, 4.69) is 36.4 Å². The van der Waals surface area contributed by atoms with E-state index in [0.29, 0.717) is 30.0 Å². The molecule has 1 aliphatic carbocycles. The standard InChI is InChI=1S/C20H38N4O2.HI/c1-14(2)18-12-16(10-11-26-18)22-20(21-13-19(25)24(4)5)23-17-9-7-6-8-15(17)3;/h14-18H,6-13H2,1-5H3,(H2,21,22,23);1H. The zero-order valence-corrected chi connectivity index (χ0v) is 20.0. The Labute approximate surface area is 182 Å². The van der Waals surface area contributed by atoms with Gasteiger partial charge in [0.25, 0.3) is 0 Å². The SMILES string of the molecule is CC(C)C1CC(NC(=NCC(=O)N(C)C)NC2CCCCC2C)CCO1.I. The number of nitrogens with one attached hydrogen (secondary N) is 2. The molecule has 27 heavy (non-hydrogen) atoms. The summed E-state index contributed by atoms with van der Waals surface area (Å²) in [7, 11) is 3.54. The van der Waals surface area contributed by atoms with Crippen LogP contribution in [0.4, 0.5) is 0 Å². The van der Waals surface area contributed by atoms with Crippen LogP contribution >= 0.6 is 24.0 Å².